The Bertz CT molecular complexity index is 470. The van der Waals surface area contributed by atoms with E-state index in [2.05, 4.69) is 11.4 Å². The van der Waals surface area contributed by atoms with E-state index in [4.69, 9.17) is 10.00 Å². The van der Waals surface area contributed by atoms with Crippen LogP contribution in [-0.2, 0) is 0 Å². The first kappa shape index (κ1) is 16.5. The van der Waals surface area contributed by atoms with E-state index in [1.54, 1.807) is 19.1 Å². The molecule has 3 nitrogen and oxygen atoms in total. The number of benzene rings is 1. The average Bonchev–Trinajstić information content (AvgIpc) is 2.42. The second-order valence-corrected chi connectivity index (χ2v) is 5.19. The molecule has 0 heterocycles. The van der Waals surface area contributed by atoms with Gasteiger partial charge in [-0.1, -0.05) is 13.0 Å². The Kier molecular flexibility index (Phi) is 6.47. The van der Waals surface area contributed by atoms with E-state index in [0.717, 1.165) is 25.8 Å². The monoisotopic (exact) mass is 278 g/mol. The fourth-order valence-corrected chi connectivity index (χ4v) is 2.01. The van der Waals surface area contributed by atoms with Crippen LogP contribution in [-0.4, -0.2) is 18.7 Å². The third-order valence-electron chi connectivity index (χ3n) is 3.30. The van der Waals surface area contributed by atoms with Gasteiger partial charge in [0.2, 0.25) is 0 Å². The first-order valence-corrected chi connectivity index (χ1v) is 7.06. The zero-order chi connectivity index (χ0) is 15.0. The molecule has 0 saturated carbocycles. The predicted octanol–water partition coefficient (Wildman–Crippen LogP) is 3.58. The highest BCUT2D eigenvalue weighted by molar-refractivity contribution is 5.27. The van der Waals surface area contributed by atoms with Crippen LogP contribution < -0.4 is 10.1 Å². The summed E-state index contributed by atoms with van der Waals surface area (Å²) in [4.78, 5) is 0. The number of ether oxygens (including phenoxy) is 1. The normalized spacial score (nSPS) is 13.6. The zero-order valence-electron chi connectivity index (χ0n) is 12.5. The Labute approximate surface area is 120 Å². The summed E-state index contributed by atoms with van der Waals surface area (Å²) in [7, 11) is 0. The molecule has 1 atom stereocenters. The third kappa shape index (κ3) is 5.18. The number of hydrogen-bond acceptors (Lipinski definition) is 3. The number of rotatable bonds is 8. The molecule has 0 spiro atoms. The van der Waals surface area contributed by atoms with Gasteiger partial charge in [-0.3, -0.25) is 5.32 Å². The molecule has 0 radical (unpaired) electrons. The van der Waals surface area contributed by atoms with E-state index in [1.165, 1.54) is 6.07 Å². The molecule has 0 amide bonds. The molecule has 0 fully saturated rings. The van der Waals surface area contributed by atoms with Crippen molar-refractivity contribution in [3.63, 3.8) is 0 Å². The van der Waals surface area contributed by atoms with Gasteiger partial charge in [-0.25, -0.2) is 4.39 Å². The molecule has 1 rings (SSSR count). The Balaban J connectivity index is 2.28. The summed E-state index contributed by atoms with van der Waals surface area (Å²) in [6.45, 7) is 6.94. The maximum Gasteiger partial charge on any atom is 0.129 e. The fourth-order valence-electron chi connectivity index (χ4n) is 2.01. The lowest BCUT2D eigenvalue weighted by Gasteiger charge is -2.22. The highest BCUT2D eigenvalue weighted by Crippen LogP contribution is 2.17. The Morgan fingerprint density at radius 2 is 2.15 bits per heavy atom. The van der Waals surface area contributed by atoms with Crippen LogP contribution in [0, 0.1) is 24.1 Å². The summed E-state index contributed by atoms with van der Waals surface area (Å²) in [5.41, 5.74) is 0.151. The van der Waals surface area contributed by atoms with Gasteiger partial charge in [-0.05, 0) is 51.3 Å². The van der Waals surface area contributed by atoms with E-state index in [-0.39, 0.29) is 5.82 Å². The second-order valence-electron chi connectivity index (χ2n) is 5.19. The van der Waals surface area contributed by atoms with Crippen molar-refractivity contribution in [2.75, 3.05) is 13.2 Å². The number of nitrogens with one attached hydrogen (secondary N) is 1. The van der Waals surface area contributed by atoms with E-state index >= 15 is 0 Å². The van der Waals surface area contributed by atoms with Gasteiger partial charge in [-0.2, -0.15) is 5.26 Å². The van der Waals surface area contributed by atoms with Crippen LogP contribution in [0.25, 0.3) is 0 Å². The number of unbranched alkanes of at least 4 members (excludes halogenated alkanes) is 1. The van der Waals surface area contributed by atoms with Crippen LogP contribution in [0.3, 0.4) is 0 Å². The van der Waals surface area contributed by atoms with E-state index in [1.807, 2.05) is 13.8 Å². The summed E-state index contributed by atoms with van der Waals surface area (Å²) in [6, 6.07) is 7.20. The average molecular weight is 278 g/mol. The van der Waals surface area contributed by atoms with Gasteiger partial charge in [0, 0.05) is 6.07 Å². The molecule has 1 aromatic rings. The summed E-state index contributed by atoms with van der Waals surface area (Å²) < 4.78 is 18.8. The first-order chi connectivity index (χ1) is 9.50. The predicted molar refractivity (Wildman–Crippen MR) is 78.2 cm³/mol. The standard InChI is InChI=1S/C16H23FN2O/c1-4-19-16(3,12-18)9-5-6-10-20-14-8-7-13(2)15(17)11-14/h7-8,11,19H,4-6,9-10H2,1-3H3. The topological polar surface area (TPSA) is 45.0 Å². The molecule has 0 bridgehead atoms. The molecule has 0 saturated heterocycles. The largest absolute Gasteiger partial charge is 0.493 e. The van der Waals surface area contributed by atoms with Crippen molar-refractivity contribution >= 4 is 0 Å². The van der Waals surface area contributed by atoms with Crippen molar-refractivity contribution in [3.8, 4) is 11.8 Å². The highest BCUT2D eigenvalue weighted by atomic mass is 19.1. The SMILES string of the molecule is CCNC(C)(C#N)CCCCOc1ccc(C)c(F)c1. The number of nitrogens with zero attached hydrogens (tertiary/aromatic N) is 1. The number of halogens is 1. The zero-order valence-corrected chi connectivity index (χ0v) is 12.5. The molecule has 1 unspecified atom stereocenters. The van der Waals surface area contributed by atoms with Crippen LogP contribution in [0.15, 0.2) is 18.2 Å². The molecular formula is C16H23FN2O. The van der Waals surface area contributed by atoms with Gasteiger partial charge in [0.25, 0.3) is 0 Å². The van der Waals surface area contributed by atoms with Gasteiger partial charge < -0.3 is 4.74 Å². The van der Waals surface area contributed by atoms with Gasteiger partial charge in [0.15, 0.2) is 0 Å². The molecule has 20 heavy (non-hydrogen) atoms. The smallest absolute Gasteiger partial charge is 0.129 e. The minimum atomic E-state index is -0.468. The number of aryl methyl sites for hydroxylation is 1. The quantitative estimate of drug-likeness (QED) is 0.739. The molecule has 0 aliphatic heterocycles. The van der Waals surface area contributed by atoms with Crippen molar-refractivity contribution in [2.24, 2.45) is 0 Å². The summed E-state index contributed by atoms with van der Waals surface area (Å²) >= 11 is 0. The number of hydrogen-bond donors (Lipinski definition) is 1. The molecule has 0 aromatic heterocycles. The minimum Gasteiger partial charge on any atom is -0.493 e. The Morgan fingerprint density at radius 3 is 2.75 bits per heavy atom. The second kappa shape index (κ2) is 7.86. The van der Waals surface area contributed by atoms with Gasteiger partial charge in [-0.15, -0.1) is 0 Å². The molecule has 110 valence electrons. The lowest BCUT2D eigenvalue weighted by Crippen LogP contribution is -2.40. The molecule has 4 heteroatoms. The van der Waals surface area contributed by atoms with Crippen molar-refractivity contribution in [1.82, 2.24) is 5.32 Å². The van der Waals surface area contributed by atoms with Gasteiger partial charge in [0.1, 0.15) is 17.1 Å². The fraction of sp³-hybridized carbons (Fsp3) is 0.562. The van der Waals surface area contributed by atoms with Crippen LogP contribution in [0.4, 0.5) is 4.39 Å². The van der Waals surface area contributed by atoms with Crippen LogP contribution >= 0.6 is 0 Å². The Morgan fingerprint density at radius 1 is 1.40 bits per heavy atom. The minimum absolute atomic E-state index is 0.244. The van der Waals surface area contributed by atoms with Crippen LogP contribution in [0.1, 0.15) is 38.7 Å². The van der Waals surface area contributed by atoms with E-state index in [9.17, 15) is 4.39 Å². The lowest BCUT2D eigenvalue weighted by molar-refractivity contribution is 0.294. The molecule has 0 aliphatic carbocycles. The lowest BCUT2D eigenvalue weighted by atomic mass is 9.97. The van der Waals surface area contributed by atoms with E-state index in [0.29, 0.717) is 17.9 Å². The van der Waals surface area contributed by atoms with Crippen molar-refractivity contribution in [3.05, 3.63) is 29.6 Å². The van der Waals surface area contributed by atoms with Crippen molar-refractivity contribution in [2.45, 2.75) is 45.6 Å². The summed E-state index contributed by atoms with van der Waals surface area (Å²) in [6.07, 6.45) is 2.52. The summed E-state index contributed by atoms with van der Waals surface area (Å²) in [5, 5.41) is 12.3. The van der Waals surface area contributed by atoms with Crippen LogP contribution in [0.2, 0.25) is 0 Å². The highest BCUT2D eigenvalue weighted by Gasteiger charge is 2.21. The molecular weight excluding hydrogens is 255 g/mol. The van der Waals surface area contributed by atoms with Crippen LogP contribution in [0.5, 0.6) is 5.75 Å². The summed E-state index contributed by atoms with van der Waals surface area (Å²) in [5.74, 6) is 0.314. The van der Waals surface area contributed by atoms with Gasteiger partial charge >= 0.3 is 0 Å². The molecule has 1 aromatic carbocycles. The first-order valence-electron chi connectivity index (χ1n) is 7.06. The third-order valence-corrected chi connectivity index (χ3v) is 3.30. The van der Waals surface area contributed by atoms with Crippen molar-refractivity contribution < 1.29 is 9.13 Å². The maximum absolute atomic E-state index is 13.3. The molecule has 1 N–H and O–H groups in total. The Hall–Kier alpha value is -1.60. The van der Waals surface area contributed by atoms with Gasteiger partial charge in [0.05, 0.1) is 12.7 Å². The van der Waals surface area contributed by atoms with Crippen molar-refractivity contribution in [1.29, 1.82) is 5.26 Å². The number of nitriles is 1. The van der Waals surface area contributed by atoms with E-state index < -0.39 is 5.54 Å². The molecule has 0 aliphatic rings. The maximum atomic E-state index is 13.3.